The smallest absolute Gasteiger partial charge is 0.263 e. The lowest BCUT2D eigenvalue weighted by atomic mass is 10.1. The lowest BCUT2D eigenvalue weighted by Gasteiger charge is -2.19. The normalized spacial score (nSPS) is 15.0. The van der Waals surface area contributed by atoms with Crippen molar-refractivity contribution >= 4 is 28.1 Å². The molecule has 1 N–H and O–H groups in total. The molecule has 0 aliphatic carbocycles. The molecule has 3 heterocycles. The molecule has 3 nitrogen and oxygen atoms in total. The number of aromatic nitrogens is 1. The lowest BCUT2D eigenvalue weighted by molar-refractivity contribution is 0.0768. The SMILES string of the molecule is O=C(c1cccs1)N1CCc2[nH]c3ccccc3c2CC1. The molecule has 4 heteroatoms. The maximum absolute atomic E-state index is 12.5. The molecule has 0 spiro atoms. The molecule has 1 aliphatic rings. The van der Waals surface area contributed by atoms with Crippen LogP contribution in [0.1, 0.15) is 20.9 Å². The quantitative estimate of drug-likeness (QED) is 0.733. The van der Waals surface area contributed by atoms with Crippen LogP contribution in [0.3, 0.4) is 0 Å². The number of hydrogen-bond donors (Lipinski definition) is 1. The fourth-order valence-electron chi connectivity index (χ4n) is 3.12. The van der Waals surface area contributed by atoms with Gasteiger partial charge in [0.1, 0.15) is 0 Å². The van der Waals surface area contributed by atoms with Crippen LogP contribution in [0.15, 0.2) is 41.8 Å². The number of thiophene rings is 1. The first-order chi connectivity index (χ1) is 10.3. The van der Waals surface area contributed by atoms with Gasteiger partial charge in [-0.1, -0.05) is 24.3 Å². The molecule has 1 amide bonds. The number of H-pyrrole nitrogens is 1. The van der Waals surface area contributed by atoms with Gasteiger partial charge in [-0.15, -0.1) is 11.3 Å². The first-order valence-electron chi connectivity index (χ1n) is 7.24. The number of fused-ring (bicyclic) bond motifs is 3. The molecule has 0 bridgehead atoms. The molecular formula is C17H16N2OS. The predicted molar refractivity (Wildman–Crippen MR) is 85.9 cm³/mol. The lowest BCUT2D eigenvalue weighted by Crippen LogP contribution is -2.32. The highest BCUT2D eigenvalue weighted by Crippen LogP contribution is 2.26. The van der Waals surface area contributed by atoms with Crippen molar-refractivity contribution in [2.45, 2.75) is 12.8 Å². The second-order valence-electron chi connectivity index (χ2n) is 5.40. The van der Waals surface area contributed by atoms with E-state index in [0.29, 0.717) is 0 Å². The summed E-state index contributed by atoms with van der Waals surface area (Å²) in [5, 5.41) is 3.26. The summed E-state index contributed by atoms with van der Waals surface area (Å²) in [5.41, 5.74) is 3.88. The molecule has 0 saturated carbocycles. The van der Waals surface area contributed by atoms with Crippen LogP contribution in [0, 0.1) is 0 Å². The molecule has 1 aromatic carbocycles. The Balaban J connectivity index is 1.62. The molecule has 2 aromatic heterocycles. The van der Waals surface area contributed by atoms with Crippen LogP contribution in [0.25, 0.3) is 10.9 Å². The van der Waals surface area contributed by atoms with Crippen LogP contribution in [0.5, 0.6) is 0 Å². The van der Waals surface area contributed by atoms with Crippen molar-refractivity contribution < 1.29 is 4.79 Å². The van der Waals surface area contributed by atoms with Crippen molar-refractivity contribution in [3.63, 3.8) is 0 Å². The van der Waals surface area contributed by atoms with E-state index in [-0.39, 0.29) is 5.91 Å². The number of carbonyl (C=O) groups is 1. The average Bonchev–Trinajstić information content (AvgIpc) is 3.10. The molecular weight excluding hydrogens is 280 g/mol. The number of hydrogen-bond acceptors (Lipinski definition) is 2. The van der Waals surface area contributed by atoms with E-state index >= 15 is 0 Å². The van der Waals surface area contributed by atoms with Crippen LogP contribution < -0.4 is 0 Å². The molecule has 0 atom stereocenters. The third-order valence-electron chi connectivity index (χ3n) is 4.18. The van der Waals surface area contributed by atoms with E-state index in [0.717, 1.165) is 30.8 Å². The minimum absolute atomic E-state index is 0.166. The summed E-state index contributed by atoms with van der Waals surface area (Å²) in [6, 6.07) is 12.3. The third kappa shape index (κ3) is 2.16. The number of benzene rings is 1. The predicted octanol–water partition coefficient (Wildman–Crippen LogP) is 3.47. The highest BCUT2D eigenvalue weighted by Gasteiger charge is 2.22. The van der Waals surface area contributed by atoms with Gasteiger partial charge < -0.3 is 9.88 Å². The molecule has 106 valence electrons. The molecule has 0 saturated heterocycles. The summed E-state index contributed by atoms with van der Waals surface area (Å²) in [6.45, 7) is 1.59. The molecule has 1 aliphatic heterocycles. The third-order valence-corrected chi connectivity index (χ3v) is 5.04. The van der Waals surface area contributed by atoms with Crippen molar-refractivity contribution in [3.05, 3.63) is 57.9 Å². The Labute approximate surface area is 127 Å². The molecule has 0 unspecified atom stereocenters. The molecule has 3 aromatic rings. The van der Waals surface area contributed by atoms with E-state index < -0.39 is 0 Å². The number of amides is 1. The van der Waals surface area contributed by atoms with Crippen LogP contribution >= 0.6 is 11.3 Å². The van der Waals surface area contributed by atoms with Crippen molar-refractivity contribution in [2.75, 3.05) is 13.1 Å². The van der Waals surface area contributed by atoms with Crippen LogP contribution in [0.4, 0.5) is 0 Å². The Bertz CT molecular complexity index is 788. The molecule has 21 heavy (non-hydrogen) atoms. The van der Waals surface area contributed by atoms with Crippen molar-refractivity contribution in [3.8, 4) is 0 Å². The van der Waals surface area contributed by atoms with Gasteiger partial charge in [0.15, 0.2) is 0 Å². The zero-order valence-corrected chi connectivity index (χ0v) is 12.5. The van der Waals surface area contributed by atoms with E-state index in [1.54, 1.807) is 0 Å². The summed E-state index contributed by atoms with van der Waals surface area (Å²) >= 11 is 1.52. The Morgan fingerprint density at radius 2 is 1.95 bits per heavy atom. The van der Waals surface area contributed by atoms with Crippen molar-refractivity contribution in [1.29, 1.82) is 0 Å². The summed E-state index contributed by atoms with van der Waals surface area (Å²) in [4.78, 5) is 18.8. The van der Waals surface area contributed by atoms with Crippen molar-refractivity contribution in [1.82, 2.24) is 9.88 Å². The zero-order chi connectivity index (χ0) is 14.2. The first kappa shape index (κ1) is 12.7. The zero-order valence-electron chi connectivity index (χ0n) is 11.6. The monoisotopic (exact) mass is 296 g/mol. The van der Waals surface area contributed by atoms with Gasteiger partial charge in [-0.25, -0.2) is 0 Å². The maximum atomic E-state index is 12.5. The largest absolute Gasteiger partial charge is 0.358 e. The number of aromatic amines is 1. The topological polar surface area (TPSA) is 36.1 Å². The van der Waals surface area contributed by atoms with Crippen LogP contribution in [-0.2, 0) is 12.8 Å². The Kier molecular flexibility index (Phi) is 3.04. The first-order valence-corrected chi connectivity index (χ1v) is 8.12. The highest BCUT2D eigenvalue weighted by molar-refractivity contribution is 7.12. The molecule has 4 rings (SSSR count). The summed E-state index contributed by atoms with van der Waals surface area (Å²) in [7, 11) is 0. The molecule has 0 radical (unpaired) electrons. The standard InChI is InChI=1S/C17H16N2OS/c20-17(16-6-3-11-21-16)19-9-7-13-12-4-1-2-5-14(12)18-15(13)8-10-19/h1-6,11,18H,7-10H2. The maximum Gasteiger partial charge on any atom is 0.263 e. The summed E-state index contributed by atoms with van der Waals surface area (Å²) < 4.78 is 0. The number of carbonyl (C=O) groups excluding carboxylic acids is 1. The van der Waals surface area contributed by atoms with Gasteiger partial charge >= 0.3 is 0 Å². The Morgan fingerprint density at radius 1 is 1.10 bits per heavy atom. The Hall–Kier alpha value is -2.07. The second-order valence-corrected chi connectivity index (χ2v) is 6.34. The summed E-state index contributed by atoms with van der Waals surface area (Å²) in [6.07, 6.45) is 1.83. The van der Waals surface area contributed by atoms with Crippen LogP contribution in [0.2, 0.25) is 0 Å². The fourth-order valence-corrected chi connectivity index (χ4v) is 3.81. The Morgan fingerprint density at radius 3 is 2.81 bits per heavy atom. The van der Waals surface area contributed by atoms with Gasteiger partial charge in [-0.2, -0.15) is 0 Å². The van der Waals surface area contributed by atoms with Crippen molar-refractivity contribution in [2.24, 2.45) is 0 Å². The van der Waals surface area contributed by atoms with E-state index in [9.17, 15) is 4.79 Å². The minimum atomic E-state index is 0.166. The second kappa shape index (κ2) is 5.04. The number of nitrogens with zero attached hydrogens (tertiary/aromatic N) is 1. The average molecular weight is 296 g/mol. The number of rotatable bonds is 1. The number of para-hydroxylation sites is 1. The van der Waals surface area contributed by atoms with E-state index in [1.165, 1.54) is 33.5 Å². The van der Waals surface area contributed by atoms with Gasteiger partial charge in [0.05, 0.1) is 4.88 Å². The van der Waals surface area contributed by atoms with Crippen LogP contribution in [-0.4, -0.2) is 28.9 Å². The fraction of sp³-hybridized carbons (Fsp3) is 0.235. The van der Waals surface area contributed by atoms with E-state index in [1.807, 2.05) is 22.4 Å². The molecule has 0 fully saturated rings. The van der Waals surface area contributed by atoms with Gasteiger partial charge in [0.25, 0.3) is 5.91 Å². The highest BCUT2D eigenvalue weighted by atomic mass is 32.1. The van der Waals surface area contributed by atoms with E-state index in [4.69, 9.17) is 0 Å². The number of nitrogens with one attached hydrogen (secondary N) is 1. The van der Waals surface area contributed by atoms with Gasteiger partial charge in [-0.3, -0.25) is 4.79 Å². The van der Waals surface area contributed by atoms with Gasteiger partial charge in [-0.05, 0) is 29.5 Å². The van der Waals surface area contributed by atoms with Gasteiger partial charge in [0, 0.05) is 36.1 Å². The van der Waals surface area contributed by atoms with Gasteiger partial charge in [0.2, 0.25) is 0 Å². The van der Waals surface area contributed by atoms with E-state index in [2.05, 4.69) is 29.2 Å². The summed E-state index contributed by atoms with van der Waals surface area (Å²) in [5.74, 6) is 0.166. The minimum Gasteiger partial charge on any atom is -0.358 e.